The van der Waals surface area contributed by atoms with Crippen molar-refractivity contribution in [2.75, 3.05) is 26.2 Å². The molecule has 142 valence electrons. The van der Waals surface area contributed by atoms with Gasteiger partial charge in [-0.3, -0.25) is 4.90 Å². The lowest BCUT2D eigenvalue weighted by Gasteiger charge is -2.33. The molecule has 10 heteroatoms. The Kier molecular flexibility index (Phi) is 5.56. The topological polar surface area (TPSA) is 49.9 Å². The largest absolute Gasteiger partial charge is 0.573 e. The summed E-state index contributed by atoms with van der Waals surface area (Å²) in [6.07, 6.45) is -4.81. The summed E-state index contributed by atoms with van der Waals surface area (Å²) in [4.78, 5) is 3.36. The molecule has 0 saturated carbocycles. The fraction of sp³-hybridized carbons (Fsp3) is 0.375. The molecular weight excluding hydrogens is 389 g/mol. The van der Waals surface area contributed by atoms with Gasteiger partial charge in [0.15, 0.2) is 0 Å². The molecule has 0 radical (unpaired) electrons. The van der Waals surface area contributed by atoms with Crippen molar-refractivity contribution in [3.63, 3.8) is 0 Å². The second-order valence-electron chi connectivity index (χ2n) is 5.78. The third-order valence-corrected chi connectivity index (χ3v) is 6.76. The third-order valence-electron chi connectivity index (χ3n) is 3.99. The van der Waals surface area contributed by atoms with Gasteiger partial charge in [-0.25, -0.2) is 8.42 Å². The first-order valence-corrected chi connectivity index (χ1v) is 10.2. The Bertz CT molecular complexity index is 813. The van der Waals surface area contributed by atoms with Gasteiger partial charge in [-0.1, -0.05) is 6.07 Å². The van der Waals surface area contributed by atoms with E-state index in [1.807, 2.05) is 17.5 Å². The highest BCUT2D eigenvalue weighted by Gasteiger charge is 2.32. The smallest absolute Gasteiger partial charge is 0.406 e. The fourth-order valence-electron chi connectivity index (χ4n) is 2.71. The van der Waals surface area contributed by atoms with Crippen LogP contribution in [0, 0.1) is 0 Å². The van der Waals surface area contributed by atoms with Crippen LogP contribution in [0.1, 0.15) is 4.88 Å². The van der Waals surface area contributed by atoms with Crippen LogP contribution in [-0.4, -0.2) is 50.2 Å². The Hall–Kier alpha value is -1.62. The number of hydrogen-bond acceptors (Lipinski definition) is 5. The molecule has 1 aromatic carbocycles. The Balaban J connectivity index is 1.62. The minimum Gasteiger partial charge on any atom is -0.406 e. The number of thiophene rings is 1. The average molecular weight is 406 g/mol. The van der Waals surface area contributed by atoms with Crippen LogP contribution in [0.25, 0.3) is 0 Å². The van der Waals surface area contributed by atoms with Crippen LogP contribution in [0.2, 0.25) is 0 Å². The molecule has 1 aliphatic rings. The van der Waals surface area contributed by atoms with Gasteiger partial charge < -0.3 is 4.74 Å². The Morgan fingerprint density at radius 2 is 1.69 bits per heavy atom. The highest BCUT2D eigenvalue weighted by atomic mass is 32.2. The van der Waals surface area contributed by atoms with Gasteiger partial charge in [0.05, 0.1) is 4.90 Å². The van der Waals surface area contributed by atoms with E-state index in [4.69, 9.17) is 0 Å². The van der Waals surface area contributed by atoms with Crippen LogP contribution in [0.5, 0.6) is 5.75 Å². The van der Waals surface area contributed by atoms with Crippen LogP contribution < -0.4 is 4.74 Å². The molecule has 2 aromatic rings. The van der Waals surface area contributed by atoms with Gasteiger partial charge in [0.2, 0.25) is 10.0 Å². The summed E-state index contributed by atoms with van der Waals surface area (Å²) in [5.41, 5.74) is 0. The molecule has 0 atom stereocenters. The predicted octanol–water partition coefficient (Wildman–Crippen LogP) is 3.15. The lowest BCUT2D eigenvalue weighted by molar-refractivity contribution is -0.274. The summed E-state index contributed by atoms with van der Waals surface area (Å²) in [7, 11) is -3.74. The molecule has 0 N–H and O–H groups in total. The van der Waals surface area contributed by atoms with Crippen molar-refractivity contribution in [2.45, 2.75) is 17.8 Å². The van der Waals surface area contributed by atoms with Crippen molar-refractivity contribution < 1.29 is 26.3 Å². The lowest BCUT2D eigenvalue weighted by Crippen LogP contribution is -2.48. The average Bonchev–Trinajstić information content (AvgIpc) is 3.07. The zero-order chi connectivity index (χ0) is 18.8. The number of halogens is 3. The normalized spacial score (nSPS) is 17.3. The summed E-state index contributed by atoms with van der Waals surface area (Å²) in [6.45, 7) is 2.68. The highest BCUT2D eigenvalue weighted by Crippen LogP contribution is 2.25. The lowest BCUT2D eigenvalue weighted by atomic mass is 10.3. The molecule has 0 aliphatic carbocycles. The first-order chi connectivity index (χ1) is 12.2. The van der Waals surface area contributed by atoms with Gasteiger partial charge in [0.25, 0.3) is 0 Å². The van der Waals surface area contributed by atoms with Gasteiger partial charge in [-0.05, 0) is 35.7 Å². The fourth-order valence-corrected chi connectivity index (χ4v) is 4.88. The van der Waals surface area contributed by atoms with Crippen LogP contribution >= 0.6 is 11.3 Å². The highest BCUT2D eigenvalue weighted by molar-refractivity contribution is 7.89. The SMILES string of the molecule is O=S(=O)(c1ccc(OC(F)(F)F)cc1)N1CCN(Cc2cccs2)CC1. The summed E-state index contributed by atoms with van der Waals surface area (Å²) in [5, 5.41) is 2.00. The van der Waals surface area contributed by atoms with E-state index in [1.165, 1.54) is 9.18 Å². The molecule has 0 bridgehead atoms. The molecule has 1 aromatic heterocycles. The van der Waals surface area contributed by atoms with Crippen LogP contribution in [-0.2, 0) is 16.6 Å². The van der Waals surface area contributed by atoms with Crippen molar-refractivity contribution >= 4 is 21.4 Å². The van der Waals surface area contributed by atoms with Gasteiger partial charge >= 0.3 is 6.36 Å². The van der Waals surface area contributed by atoms with Crippen molar-refractivity contribution in [1.82, 2.24) is 9.21 Å². The maximum atomic E-state index is 12.7. The van der Waals surface area contributed by atoms with Crippen molar-refractivity contribution in [2.24, 2.45) is 0 Å². The number of piperazine rings is 1. The zero-order valence-electron chi connectivity index (χ0n) is 13.6. The number of rotatable bonds is 5. The maximum absolute atomic E-state index is 12.7. The number of hydrogen-bond donors (Lipinski definition) is 0. The molecule has 0 spiro atoms. The molecule has 26 heavy (non-hydrogen) atoms. The summed E-state index contributed by atoms with van der Waals surface area (Å²) < 4.78 is 67.0. The second-order valence-corrected chi connectivity index (χ2v) is 8.75. The van der Waals surface area contributed by atoms with E-state index in [0.29, 0.717) is 26.2 Å². The molecule has 2 heterocycles. The number of nitrogens with zero attached hydrogens (tertiary/aromatic N) is 2. The first kappa shape index (κ1) is 19.2. The molecule has 1 saturated heterocycles. The van der Waals surface area contributed by atoms with Crippen LogP contribution in [0.15, 0.2) is 46.7 Å². The maximum Gasteiger partial charge on any atom is 0.573 e. The van der Waals surface area contributed by atoms with Gasteiger partial charge in [-0.2, -0.15) is 4.31 Å². The minimum atomic E-state index is -4.81. The van der Waals surface area contributed by atoms with E-state index in [0.717, 1.165) is 30.8 Å². The Morgan fingerprint density at radius 1 is 1.04 bits per heavy atom. The van der Waals surface area contributed by atoms with E-state index in [-0.39, 0.29) is 4.90 Å². The molecule has 5 nitrogen and oxygen atoms in total. The monoisotopic (exact) mass is 406 g/mol. The quantitative estimate of drug-likeness (QED) is 0.766. The summed E-state index contributed by atoms with van der Waals surface area (Å²) in [5.74, 6) is -0.447. The van der Waals surface area contributed by atoms with Gasteiger partial charge in [0.1, 0.15) is 5.75 Å². The summed E-state index contributed by atoms with van der Waals surface area (Å²) >= 11 is 1.66. The predicted molar refractivity (Wildman–Crippen MR) is 91.5 cm³/mol. The van der Waals surface area contributed by atoms with E-state index < -0.39 is 22.1 Å². The van der Waals surface area contributed by atoms with E-state index >= 15 is 0 Å². The molecule has 0 unspecified atom stereocenters. The van der Waals surface area contributed by atoms with Crippen molar-refractivity contribution in [1.29, 1.82) is 0 Å². The number of alkyl halides is 3. The molecular formula is C16H17F3N2O3S2. The van der Waals surface area contributed by atoms with Crippen LogP contribution in [0.4, 0.5) is 13.2 Å². The van der Waals surface area contributed by atoms with Crippen LogP contribution in [0.3, 0.4) is 0 Å². The number of ether oxygens (including phenoxy) is 1. The summed E-state index contributed by atoms with van der Waals surface area (Å²) in [6, 6.07) is 8.30. The zero-order valence-corrected chi connectivity index (χ0v) is 15.3. The number of sulfonamides is 1. The van der Waals surface area contributed by atoms with Crippen molar-refractivity contribution in [3.8, 4) is 5.75 Å². The molecule has 3 rings (SSSR count). The first-order valence-electron chi connectivity index (χ1n) is 7.85. The van der Waals surface area contributed by atoms with Gasteiger partial charge in [0, 0.05) is 37.6 Å². The molecule has 1 aliphatic heterocycles. The Morgan fingerprint density at radius 3 is 2.23 bits per heavy atom. The van der Waals surface area contributed by atoms with E-state index in [1.54, 1.807) is 11.3 Å². The van der Waals surface area contributed by atoms with Crippen molar-refractivity contribution in [3.05, 3.63) is 46.7 Å². The third kappa shape index (κ3) is 4.76. The minimum absolute atomic E-state index is 0.0428. The molecule has 0 amide bonds. The van der Waals surface area contributed by atoms with E-state index in [9.17, 15) is 21.6 Å². The molecule has 1 fully saturated rings. The Labute approximate surface area is 153 Å². The standard InChI is InChI=1S/C16H17F3N2O3S2/c17-16(18,19)24-13-3-5-15(6-4-13)26(22,23)21-9-7-20(8-10-21)12-14-2-1-11-25-14/h1-6,11H,7-10,12H2. The van der Waals surface area contributed by atoms with Gasteiger partial charge in [-0.15, -0.1) is 24.5 Å². The second kappa shape index (κ2) is 7.55. The van der Waals surface area contributed by atoms with E-state index in [2.05, 4.69) is 9.64 Å². The number of benzene rings is 1.